The largest absolute Gasteiger partial charge is 0.516 e. The monoisotopic (exact) mass is 256 g/mol. The van der Waals surface area contributed by atoms with Crippen molar-refractivity contribution in [1.29, 1.82) is 0 Å². The van der Waals surface area contributed by atoms with Gasteiger partial charge in [-0.15, -0.1) is 0 Å². The van der Waals surface area contributed by atoms with Crippen LogP contribution in [-0.4, -0.2) is 74.1 Å². The van der Waals surface area contributed by atoms with Crippen LogP contribution in [0.3, 0.4) is 0 Å². The smallest absolute Gasteiger partial charge is 0.414 e. The summed E-state index contributed by atoms with van der Waals surface area (Å²) in [5, 5.41) is 0. The molecule has 1 rings (SSSR count). The van der Waals surface area contributed by atoms with E-state index in [1.165, 1.54) is 0 Å². The second-order valence-electron chi connectivity index (χ2n) is 6.05. The number of hydrogen-bond acceptors (Lipinski definition) is 4. The molecule has 0 saturated carbocycles. The van der Waals surface area contributed by atoms with Crippen molar-refractivity contribution in [3.63, 3.8) is 0 Å². The third kappa shape index (κ3) is 4.07. The summed E-state index contributed by atoms with van der Waals surface area (Å²) >= 11 is 0. The number of ether oxygens (including phenoxy) is 1. The van der Waals surface area contributed by atoms with E-state index in [1.807, 2.05) is 20.8 Å². The zero-order valence-electron chi connectivity index (χ0n) is 12.1. The fourth-order valence-electron chi connectivity index (χ4n) is 2.07. The molecule has 1 saturated heterocycles. The zero-order valence-corrected chi connectivity index (χ0v) is 12.1. The molecule has 5 nitrogen and oxygen atoms in total. The Bertz CT molecular complexity index is 302. The van der Waals surface area contributed by atoms with Gasteiger partial charge in [-0.25, -0.2) is 4.48 Å². The molecule has 0 aromatic rings. The van der Waals surface area contributed by atoms with E-state index in [9.17, 15) is 4.79 Å². The normalized spacial score (nSPS) is 20.4. The molecule has 1 aliphatic rings. The van der Waals surface area contributed by atoms with Gasteiger partial charge in [0.15, 0.2) is 0 Å². The number of quaternary nitrogens is 1. The van der Waals surface area contributed by atoms with Crippen molar-refractivity contribution >= 4 is 12.8 Å². The molecule has 0 bridgehead atoms. The van der Waals surface area contributed by atoms with Crippen molar-refractivity contribution in [2.45, 2.75) is 26.4 Å². The van der Waals surface area contributed by atoms with E-state index in [0.29, 0.717) is 17.6 Å². The highest BCUT2D eigenvalue weighted by molar-refractivity contribution is 5.60. The minimum absolute atomic E-state index is 0.126. The summed E-state index contributed by atoms with van der Waals surface area (Å²) in [6.07, 6.45) is -0.126. The maximum atomic E-state index is 12.4. The van der Waals surface area contributed by atoms with Gasteiger partial charge < -0.3 is 4.74 Å². The molecule has 0 unspecified atom stereocenters. The van der Waals surface area contributed by atoms with Crippen LogP contribution in [0.2, 0.25) is 0 Å². The van der Waals surface area contributed by atoms with Crippen molar-refractivity contribution in [2.75, 3.05) is 46.3 Å². The second-order valence-corrected chi connectivity index (χ2v) is 6.05. The van der Waals surface area contributed by atoms with Crippen molar-refractivity contribution in [2.24, 2.45) is 4.99 Å². The van der Waals surface area contributed by atoms with Gasteiger partial charge in [-0.2, -0.15) is 4.79 Å². The van der Waals surface area contributed by atoms with E-state index >= 15 is 0 Å². The number of aliphatic imine (C=N–C) groups is 1. The van der Waals surface area contributed by atoms with Crippen LogP contribution in [0, 0.1) is 0 Å². The Hall–Kier alpha value is -0.940. The van der Waals surface area contributed by atoms with Crippen LogP contribution in [0.1, 0.15) is 20.8 Å². The summed E-state index contributed by atoms with van der Waals surface area (Å²) < 4.78 is 5.94. The first-order valence-electron chi connectivity index (χ1n) is 6.50. The first-order valence-corrected chi connectivity index (χ1v) is 6.50. The van der Waals surface area contributed by atoms with Crippen LogP contribution in [0.25, 0.3) is 0 Å². The summed E-state index contributed by atoms with van der Waals surface area (Å²) in [6.45, 7) is 13.9. The molecule has 5 heteroatoms. The number of amides is 1. The van der Waals surface area contributed by atoms with Gasteiger partial charge in [0.1, 0.15) is 25.2 Å². The lowest BCUT2D eigenvalue weighted by Crippen LogP contribution is -2.63. The molecule has 0 atom stereocenters. The summed E-state index contributed by atoms with van der Waals surface area (Å²) in [5.74, 6) is 0. The van der Waals surface area contributed by atoms with Crippen molar-refractivity contribution in [3.8, 4) is 0 Å². The van der Waals surface area contributed by atoms with Crippen LogP contribution >= 0.6 is 0 Å². The molecule has 0 aromatic carbocycles. The topological polar surface area (TPSA) is 41.9 Å². The number of likely N-dealkylation sites (N-methyl/N-ethyl adjacent to an activating group) is 1. The van der Waals surface area contributed by atoms with Crippen LogP contribution in [0.4, 0.5) is 4.79 Å². The lowest BCUT2D eigenvalue weighted by Gasteiger charge is -2.41. The molecule has 1 heterocycles. The van der Waals surface area contributed by atoms with E-state index in [1.54, 1.807) is 0 Å². The molecule has 104 valence electrons. The van der Waals surface area contributed by atoms with Gasteiger partial charge in [-0.1, -0.05) is 0 Å². The first kappa shape index (κ1) is 15.1. The molecular formula is C13H26N3O2+. The molecule has 1 amide bonds. The molecule has 18 heavy (non-hydrogen) atoms. The predicted octanol–water partition coefficient (Wildman–Crippen LogP) is 1.38. The molecule has 0 aliphatic carbocycles. The number of rotatable bonds is 3. The lowest BCUT2D eigenvalue weighted by molar-refractivity contribution is -0.861. The number of piperazine rings is 1. The predicted molar refractivity (Wildman–Crippen MR) is 73.0 cm³/mol. The third-order valence-electron chi connectivity index (χ3n) is 3.29. The average Bonchev–Trinajstić information content (AvgIpc) is 2.26. The summed E-state index contributed by atoms with van der Waals surface area (Å²) in [5.41, 5.74) is -0.437. The van der Waals surface area contributed by atoms with Crippen molar-refractivity contribution < 1.29 is 14.0 Å². The van der Waals surface area contributed by atoms with Gasteiger partial charge >= 0.3 is 6.09 Å². The minimum atomic E-state index is -0.437. The van der Waals surface area contributed by atoms with Crippen LogP contribution in [0.15, 0.2) is 4.99 Å². The standard InChI is InChI=1S/C13H26N3O2/c1-13(2,3)18-12(17)16(9-6-14-4)10-7-15(5)8-11-16/h4,6-11H2,1-3,5H3/q+1. The van der Waals surface area contributed by atoms with Gasteiger partial charge in [-0.3, -0.25) is 9.89 Å². The summed E-state index contributed by atoms with van der Waals surface area (Å²) in [7, 11) is 2.08. The Morgan fingerprint density at radius 2 is 1.94 bits per heavy atom. The van der Waals surface area contributed by atoms with Gasteiger partial charge in [0, 0.05) is 13.1 Å². The second kappa shape index (κ2) is 5.80. The highest BCUT2D eigenvalue weighted by atomic mass is 16.6. The Morgan fingerprint density at radius 1 is 1.39 bits per heavy atom. The highest BCUT2D eigenvalue weighted by Gasteiger charge is 2.42. The summed E-state index contributed by atoms with van der Waals surface area (Å²) in [4.78, 5) is 18.5. The fourth-order valence-corrected chi connectivity index (χ4v) is 2.07. The van der Waals surface area contributed by atoms with E-state index < -0.39 is 5.60 Å². The van der Waals surface area contributed by atoms with E-state index in [-0.39, 0.29) is 6.09 Å². The van der Waals surface area contributed by atoms with E-state index in [4.69, 9.17) is 4.74 Å². The highest BCUT2D eigenvalue weighted by Crippen LogP contribution is 2.19. The van der Waals surface area contributed by atoms with Crippen molar-refractivity contribution in [1.82, 2.24) is 4.90 Å². The minimum Gasteiger partial charge on any atom is -0.414 e. The van der Waals surface area contributed by atoms with Gasteiger partial charge in [0.25, 0.3) is 0 Å². The number of nitrogens with zero attached hydrogens (tertiary/aromatic N) is 3. The molecule has 1 fully saturated rings. The van der Waals surface area contributed by atoms with Gasteiger partial charge in [0.05, 0.1) is 6.54 Å². The van der Waals surface area contributed by atoms with E-state index in [2.05, 4.69) is 23.7 Å². The molecule has 0 aromatic heterocycles. The first-order chi connectivity index (χ1) is 8.29. The molecule has 0 N–H and O–H groups in total. The number of hydrogen-bond donors (Lipinski definition) is 0. The lowest BCUT2D eigenvalue weighted by atomic mass is 10.2. The third-order valence-corrected chi connectivity index (χ3v) is 3.29. The number of carbonyl (C=O) groups is 1. The molecular weight excluding hydrogens is 230 g/mol. The van der Waals surface area contributed by atoms with Crippen LogP contribution in [0.5, 0.6) is 0 Å². The molecule has 1 aliphatic heterocycles. The van der Waals surface area contributed by atoms with Crippen LogP contribution in [-0.2, 0) is 4.74 Å². The maximum absolute atomic E-state index is 12.4. The van der Waals surface area contributed by atoms with Gasteiger partial charge in [-0.05, 0) is 34.5 Å². The Balaban J connectivity index is 2.77. The Morgan fingerprint density at radius 3 is 2.39 bits per heavy atom. The summed E-state index contributed by atoms with van der Waals surface area (Å²) in [6, 6.07) is 0. The maximum Gasteiger partial charge on any atom is 0.516 e. The molecule has 0 radical (unpaired) electrons. The quantitative estimate of drug-likeness (QED) is 0.566. The van der Waals surface area contributed by atoms with Crippen molar-refractivity contribution in [3.05, 3.63) is 0 Å². The van der Waals surface area contributed by atoms with E-state index in [0.717, 1.165) is 26.2 Å². The average molecular weight is 256 g/mol. The van der Waals surface area contributed by atoms with Crippen LogP contribution < -0.4 is 0 Å². The zero-order chi connectivity index (χ0) is 13.8. The SMILES string of the molecule is C=NCC[N+]1(C(=O)OC(C)(C)C)CCN(C)CC1. The fraction of sp³-hybridized carbons (Fsp3) is 0.846. The number of carbonyl (C=O) groups excluding carboxylic acids is 1. The Labute approximate surface area is 110 Å². The van der Waals surface area contributed by atoms with Gasteiger partial charge in [0.2, 0.25) is 0 Å². The Kier molecular flexibility index (Phi) is 4.87. The molecule has 0 spiro atoms.